The fraction of sp³-hybridized carbons (Fsp3) is 0.375. The van der Waals surface area contributed by atoms with E-state index in [1.54, 1.807) is 17.6 Å². The molecule has 0 aliphatic heterocycles. The molecule has 0 saturated carbocycles. The highest BCUT2D eigenvalue weighted by molar-refractivity contribution is 7.94. The molecule has 0 fully saturated rings. The second-order valence-electron chi connectivity index (χ2n) is 6.11. The average molecular weight is 364 g/mol. The summed E-state index contributed by atoms with van der Waals surface area (Å²) in [6.07, 6.45) is 1.79. The highest BCUT2D eigenvalue weighted by atomic mass is 32.2. The maximum atomic E-state index is 12.0. The van der Waals surface area contributed by atoms with Crippen molar-refractivity contribution < 1.29 is 8.42 Å². The van der Waals surface area contributed by atoms with Crippen molar-refractivity contribution in [1.82, 2.24) is 10.3 Å². The van der Waals surface area contributed by atoms with Gasteiger partial charge < -0.3 is 10.6 Å². The van der Waals surface area contributed by atoms with Crippen LogP contribution in [-0.2, 0) is 9.84 Å². The maximum absolute atomic E-state index is 12.0. The molecule has 2 aromatic rings. The van der Waals surface area contributed by atoms with E-state index >= 15 is 0 Å². The Balaban J connectivity index is 2.49. The molecule has 1 aromatic carbocycles. The predicted octanol–water partition coefficient (Wildman–Crippen LogP) is 3.22. The number of fused-ring (bicyclic) bond motifs is 1. The van der Waals surface area contributed by atoms with Crippen LogP contribution in [0.15, 0.2) is 34.4 Å². The smallest absolute Gasteiger partial charge is 0.189 e. The molecule has 128 valence electrons. The lowest BCUT2D eigenvalue weighted by atomic mass is 10.0. The third-order valence-corrected chi connectivity index (χ3v) is 5.48. The van der Waals surface area contributed by atoms with Crippen molar-refractivity contribution in [2.24, 2.45) is 0 Å². The molecule has 2 N–H and O–H groups in total. The number of nitrogens with one attached hydrogen (secondary N) is 2. The number of allylic oxidation sites excluding steroid dienone is 1. The number of aromatic nitrogens is 1. The van der Waals surface area contributed by atoms with Crippen LogP contribution in [0.4, 0.5) is 5.69 Å². The summed E-state index contributed by atoms with van der Waals surface area (Å²) in [7, 11) is -3.66. The Morgan fingerprint density at radius 2 is 2.12 bits per heavy atom. The van der Waals surface area contributed by atoms with Crippen LogP contribution >= 0.6 is 11.3 Å². The van der Waals surface area contributed by atoms with Crippen LogP contribution in [0.3, 0.4) is 0 Å². The van der Waals surface area contributed by atoms with Gasteiger partial charge in [0.2, 0.25) is 0 Å². The molecule has 8 heteroatoms. The van der Waals surface area contributed by atoms with Crippen molar-refractivity contribution in [3.05, 3.63) is 34.4 Å². The molecule has 0 aliphatic carbocycles. The first-order valence-corrected chi connectivity index (χ1v) is 10.2. The average Bonchev–Trinajstić information content (AvgIpc) is 2.93. The van der Waals surface area contributed by atoms with Crippen LogP contribution in [0.2, 0.25) is 0 Å². The van der Waals surface area contributed by atoms with Gasteiger partial charge in [-0.05, 0) is 38.5 Å². The van der Waals surface area contributed by atoms with Crippen molar-refractivity contribution in [1.29, 1.82) is 5.26 Å². The van der Waals surface area contributed by atoms with Crippen LogP contribution in [0.1, 0.15) is 27.2 Å². The quantitative estimate of drug-likeness (QED) is 0.764. The third kappa shape index (κ3) is 4.24. The van der Waals surface area contributed by atoms with Crippen molar-refractivity contribution in [3.8, 4) is 6.07 Å². The largest absolute Gasteiger partial charge is 0.365 e. The van der Waals surface area contributed by atoms with E-state index in [-0.39, 0.29) is 16.3 Å². The second kappa shape index (κ2) is 6.79. The number of nitrogens with zero attached hydrogens (tertiary/aromatic N) is 2. The van der Waals surface area contributed by atoms with E-state index in [1.165, 1.54) is 11.3 Å². The summed E-state index contributed by atoms with van der Waals surface area (Å²) in [5.41, 5.74) is 2.95. The molecule has 0 saturated heterocycles. The van der Waals surface area contributed by atoms with Gasteiger partial charge >= 0.3 is 0 Å². The third-order valence-electron chi connectivity index (χ3n) is 3.65. The van der Waals surface area contributed by atoms with Crippen molar-refractivity contribution in [3.63, 3.8) is 0 Å². The molecule has 1 aromatic heterocycles. The van der Waals surface area contributed by atoms with Crippen molar-refractivity contribution >= 4 is 37.1 Å². The lowest BCUT2D eigenvalue weighted by molar-refractivity contribution is 0.415. The van der Waals surface area contributed by atoms with Gasteiger partial charge in [-0.15, -0.1) is 11.3 Å². The molecule has 0 spiro atoms. The van der Waals surface area contributed by atoms with Gasteiger partial charge in [-0.3, -0.25) is 0 Å². The minimum absolute atomic E-state index is 0.190. The zero-order chi connectivity index (χ0) is 18.0. The summed E-state index contributed by atoms with van der Waals surface area (Å²) in [5.74, 6) is 0.190. The molecule has 2 rings (SSSR count). The van der Waals surface area contributed by atoms with E-state index in [0.717, 1.165) is 22.9 Å². The minimum Gasteiger partial charge on any atom is -0.365 e. The number of hydrogen-bond donors (Lipinski definition) is 2. The van der Waals surface area contributed by atoms with E-state index in [0.29, 0.717) is 5.69 Å². The molecule has 0 radical (unpaired) electrons. The summed E-state index contributed by atoms with van der Waals surface area (Å²) < 4.78 is 24.9. The van der Waals surface area contributed by atoms with E-state index in [1.807, 2.05) is 32.9 Å². The normalized spacial score (nSPS) is 13.3. The van der Waals surface area contributed by atoms with Crippen LogP contribution in [0.25, 0.3) is 10.2 Å². The van der Waals surface area contributed by atoms with Gasteiger partial charge in [-0.25, -0.2) is 13.4 Å². The van der Waals surface area contributed by atoms with Crippen molar-refractivity contribution in [2.45, 2.75) is 32.7 Å². The monoisotopic (exact) mass is 364 g/mol. The number of thiazole rings is 1. The minimum atomic E-state index is -3.66. The summed E-state index contributed by atoms with van der Waals surface area (Å²) >= 11 is 1.50. The fourth-order valence-corrected chi connectivity index (χ4v) is 3.33. The van der Waals surface area contributed by atoms with Gasteiger partial charge in [-0.2, -0.15) is 5.26 Å². The lowest BCUT2D eigenvalue weighted by Gasteiger charge is -2.28. The van der Waals surface area contributed by atoms with Crippen LogP contribution in [0, 0.1) is 11.3 Å². The molecular formula is C16H20N4O2S2. The Hall–Kier alpha value is -2.11. The Kier molecular flexibility index (Phi) is 5.16. The molecule has 0 aliphatic rings. The highest BCUT2D eigenvalue weighted by Gasteiger charge is 2.23. The topological polar surface area (TPSA) is 94.9 Å². The standard InChI is InChI=1S/C16H20N4O2S2/c1-5-16(2,3)20-15(14(9-17)24(4,21)22)19-11-6-7-12-13(8-11)23-10-18-12/h6-8,10,19-20H,5H2,1-4H3. The maximum Gasteiger partial charge on any atom is 0.189 e. The number of rotatable bonds is 6. The summed E-state index contributed by atoms with van der Waals surface area (Å²) in [5, 5.41) is 15.5. The predicted molar refractivity (Wildman–Crippen MR) is 98.2 cm³/mol. The molecule has 0 atom stereocenters. The first-order chi connectivity index (χ1) is 11.2. The SMILES string of the molecule is CCC(C)(C)NC(Nc1ccc2ncsc2c1)=C(C#N)S(C)(=O)=O. The molecule has 0 amide bonds. The van der Waals surface area contributed by atoms with Gasteiger partial charge in [0.15, 0.2) is 14.7 Å². The number of nitriles is 1. The molecule has 0 bridgehead atoms. The Bertz CT molecular complexity index is 921. The van der Waals surface area contributed by atoms with Crippen LogP contribution in [0.5, 0.6) is 0 Å². The van der Waals surface area contributed by atoms with E-state index in [9.17, 15) is 13.7 Å². The first-order valence-electron chi connectivity index (χ1n) is 7.39. The van der Waals surface area contributed by atoms with E-state index in [2.05, 4.69) is 15.6 Å². The fourth-order valence-electron chi connectivity index (χ4n) is 1.97. The van der Waals surface area contributed by atoms with Gasteiger partial charge in [0.05, 0.1) is 15.7 Å². The molecule has 24 heavy (non-hydrogen) atoms. The summed E-state index contributed by atoms with van der Waals surface area (Å²) in [6, 6.07) is 7.33. The molecule has 6 nitrogen and oxygen atoms in total. The highest BCUT2D eigenvalue weighted by Crippen LogP contribution is 2.24. The number of hydrogen-bond acceptors (Lipinski definition) is 7. The van der Waals surface area contributed by atoms with Gasteiger partial charge in [0.25, 0.3) is 0 Å². The van der Waals surface area contributed by atoms with Crippen LogP contribution < -0.4 is 10.6 Å². The van der Waals surface area contributed by atoms with Crippen LogP contribution in [-0.4, -0.2) is 25.2 Å². The Morgan fingerprint density at radius 1 is 1.42 bits per heavy atom. The first kappa shape index (κ1) is 18.2. The number of benzene rings is 1. The Labute approximate surface area is 146 Å². The summed E-state index contributed by atoms with van der Waals surface area (Å²) in [4.78, 5) is 3.91. The zero-order valence-electron chi connectivity index (χ0n) is 14.0. The number of sulfone groups is 1. The van der Waals surface area contributed by atoms with Gasteiger partial charge in [0.1, 0.15) is 11.9 Å². The Morgan fingerprint density at radius 3 is 2.71 bits per heavy atom. The zero-order valence-corrected chi connectivity index (χ0v) is 15.7. The lowest BCUT2D eigenvalue weighted by Crippen LogP contribution is -2.41. The molecule has 1 heterocycles. The van der Waals surface area contributed by atoms with Gasteiger partial charge in [-0.1, -0.05) is 6.92 Å². The van der Waals surface area contributed by atoms with E-state index in [4.69, 9.17) is 0 Å². The van der Waals surface area contributed by atoms with Crippen molar-refractivity contribution in [2.75, 3.05) is 11.6 Å². The van der Waals surface area contributed by atoms with E-state index < -0.39 is 9.84 Å². The molecular weight excluding hydrogens is 344 g/mol. The summed E-state index contributed by atoms with van der Waals surface area (Å²) in [6.45, 7) is 5.87. The number of anilines is 1. The van der Waals surface area contributed by atoms with Gasteiger partial charge in [0, 0.05) is 17.5 Å². The second-order valence-corrected chi connectivity index (χ2v) is 8.95. The molecule has 0 unspecified atom stereocenters.